The van der Waals surface area contributed by atoms with E-state index >= 15 is 0 Å². The normalized spacial score (nSPS) is 12.8. The summed E-state index contributed by atoms with van der Waals surface area (Å²) in [5, 5.41) is 19.1. The lowest BCUT2D eigenvalue weighted by Crippen LogP contribution is -2.32. The van der Waals surface area contributed by atoms with E-state index in [-0.39, 0.29) is 18.1 Å². The van der Waals surface area contributed by atoms with Crippen LogP contribution in [0.3, 0.4) is 0 Å². The summed E-state index contributed by atoms with van der Waals surface area (Å²) in [6.07, 6.45) is 0.117. The van der Waals surface area contributed by atoms with E-state index < -0.39 is 12.0 Å². The van der Waals surface area contributed by atoms with E-state index in [2.05, 4.69) is 15.9 Å². The van der Waals surface area contributed by atoms with E-state index in [0.29, 0.717) is 5.56 Å². The van der Waals surface area contributed by atoms with Gasteiger partial charge in [-0.1, -0.05) is 29.8 Å². The second-order valence-electron chi connectivity index (χ2n) is 4.70. The molecule has 100 valence electrons. The Morgan fingerprint density at radius 2 is 2.06 bits per heavy atom. The second kappa shape index (κ2) is 5.71. The van der Waals surface area contributed by atoms with Crippen LogP contribution in [-0.4, -0.2) is 22.2 Å². The number of phenols is 1. The van der Waals surface area contributed by atoms with Gasteiger partial charge in [-0.15, -0.1) is 0 Å². The molecule has 4 N–H and O–H groups in total. The van der Waals surface area contributed by atoms with Crippen LogP contribution in [0.2, 0.25) is 0 Å². The molecular weight excluding hydrogens is 298 g/mol. The molecule has 0 amide bonds. The molecule has 0 aromatic heterocycles. The van der Waals surface area contributed by atoms with E-state index in [1.54, 1.807) is 0 Å². The summed E-state index contributed by atoms with van der Waals surface area (Å²) in [6.45, 7) is 5.77. The Morgan fingerprint density at radius 1 is 1.50 bits per heavy atom. The van der Waals surface area contributed by atoms with E-state index in [0.717, 1.165) is 15.6 Å². The molecule has 0 radical (unpaired) electrons. The van der Waals surface area contributed by atoms with Gasteiger partial charge in [0.2, 0.25) is 0 Å². The molecule has 1 atom stereocenters. The van der Waals surface area contributed by atoms with Gasteiger partial charge in [0.25, 0.3) is 0 Å². The SMILES string of the molecule is Cc1c(Br)cc(C(C)C)c(O)c1CC(N)C(=O)O. The van der Waals surface area contributed by atoms with Crippen LogP contribution in [0.1, 0.15) is 36.5 Å². The zero-order chi connectivity index (χ0) is 14.0. The quantitative estimate of drug-likeness (QED) is 0.797. The Labute approximate surface area is 115 Å². The standard InChI is InChI=1S/C13H18BrNO3/c1-6(2)8-4-10(14)7(3)9(12(8)16)5-11(15)13(17)18/h4,6,11,16H,5,15H2,1-3H3,(H,17,18). The first kappa shape index (κ1) is 15.0. The molecule has 0 spiro atoms. The molecule has 1 rings (SSSR count). The lowest BCUT2D eigenvalue weighted by molar-refractivity contribution is -0.138. The third-order valence-electron chi connectivity index (χ3n) is 3.02. The van der Waals surface area contributed by atoms with Gasteiger partial charge in [0.1, 0.15) is 11.8 Å². The molecule has 0 saturated heterocycles. The number of rotatable bonds is 4. The van der Waals surface area contributed by atoms with Crippen LogP contribution in [0.15, 0.2) is 10.5 Å². The lowest BCUT2D eigenvalue weighted by atomic mass is 9.93. The molecule has 5 heteroatoms. The average molecular weight is 316 g/mol. The van der Waals surface area contributed by atoms with Crippen LogP contribution in [-0.2, 0) is 11.2 Å². The molecule has 0 aliphatic carbocycles. The predicted octanol–water partition coefficient (Wildman–Crippen LogP) is 2.54. The summed E-state index contributed by atoms with van der Waals surface area (Å²) in [5.41, 5.74) is 7.76. The number of phenolic OH excluding ortho intramolecular Hbond substituents is 1. The van der Waals surface area contributed by atoms with Crippen LogP contribution in [0.25, 0.3) is 0 Å². The molecule has 1 aromatic carbocycles. The maximum Gasteiger partial charge on any atom is 0.320 e. The highest BCUT2D eigenvalue weighted by atomic mass is 79.9. The maximum absolute atomic E-state index is 10.8. The van der Waals surface area contributed by atoms with Gasteiger partial charge in [-0.25, -0.2) is 0 Å². The van der Waals surface area contributed by atoms with Crippen molar-refractivity contribution in [3.05, 3.63) is 27.2 Å². The third-order valence-corrected chi connectivity index (χ3v) is 3.84. The van der Waals surface area contributed by atoms with Crippen LogP contribution in [0.5, 0.6) is 5.75 Å². The first-order valence-electron chi connectivity index (χ1n) is 5.74. The van der Waals surface area contributed by atoms with Crippen molar-refractivity contribution < 1.29 is 15.0 Å². The predicted molar refractivity (Wildman–Crippen MR) is 73.9 cm³/mol. The van der Waals surface area contributed by atoms with E-state index in [1.165, 1.54) is 0 Å². The van der Waals surface area contributed by atoms with Crippen molar-refractivity contribution in [3.8, 4) is 5.75 Å². The summed E-state index contributed by atoms with van der Waals surface area (Å²) in [4.78, 5) is 10.8. The number of nitrogens with two attached hydrogens (primary N) is 1. The minimum absolute atomic E-state index is 0.117. The minimum Gasteiger partial charge on any atom is -0.507 e. The number of aliphatic carboxylic acids is 1. The number of benzene rings is 1. The molecule has 0 heterocycles. The molecular formula is C13H18BrNO3. The number of hydrogen-bond donors (Lipinski definition) is 3. The second-order valence-corrected chi connectivity index (χ2v) is 5.56. The molecule has 18 heavy (non-hydrogen) atoms. The Hall–Kier alpha value is -1.07. The summed E-state index contributed by atoms with van der Waals surface area (Å²) in [6, 6.07) is 0.856. The van der Waals surface area contributed by atoms with Crippen molar-refractivity contribution in [1.29, 1.82) is 0 Å². The Morgan fingerprint density at radius 3 is 2.50 bits per heavy atom. The van der Waals surface area contributed by atoms with Crippen LogP contribution >= 0.6 is 15.9 Å². The molecule has 1 unspecified atom stereocenters. The molecule has 4 nitrogen and oxygen atoms in total. The Kier molecular flexibility index (Phi) is 4.76. The summed E-state index contributed by atoms with van der Waals surface area (Å²) < 4.78 is 0.858. The number of carboxylic acids is 1. The number of aromatic hydroxyl groups is 1. The largest absolute Gasteiger partial charge is 0.507 e. The van der Waals surface area contributed by atoms with E-state index in [1.807, 2.05) is 26.8 Å². The molecule has 0 bridgehead atoms. The van der Waals surface area contributed by atoms with Gasteiger partial charge in [-0.05, 0) is 30.0 Å². The molecule has 1 aromatic rings. The fourth-order valence-electron chi connectivity index (χ4n) is 1.81. The maximum atomic E-state index is 10.8. The van der Waals surface area contributed by atoms with Gasteiger partial charge >= 0.3 is 5.97 Å². The Bertz CT molecular complexity index is 472. The lowest BCUT2D eigenvalue weighted by Gasteiger charge is -2.18. The van der Waals surface area contributed by atoms with Gasteiger partial charge in [0.05, 0.1) is 0 Å². The van der Waals surface area contributed by atoms with Crippen molar-refractivity contribution in [2.75, 3.05) is 0 Å². The zero-order valence-electron chi connectivity index (χ0n) is 10.7. The highest BCUT2D eigenvalue weighted by Gasteiger charge is 2.20. The molecule has 0 saturated carbocycles. The summed E-state index contributed by atoms with van der Waals surface area (Å²) in [5.74, 6) is -0.760. The van der Waals surface area contributed by atoms with E-state index in [9.17, 15) is 9.90 Å². The summed E-state index contributed by atoms with van der Waals surface area (Å²) in [7, 11) is 0. The number of hydrogen-bond acceptors (Lipinski definition) is 3. The van der Waals surface area contributed by atoms with Crippen LogP contribution in [0.4, 0.5) is 0 Å². The molecule has 0 aliphatic rings. The molecule has 0 fully saturated rings. The average Bonchev–Trinajstić information content (AvgIpc) is 2.28. The van der Waals surface area contributed by atoms with Gasteiger partial charge in [-0.3, -0.25) is 4.79 Å². The smallest absolute Gasteiger partial charge is 0.320 e. The van der Waals surface area contributed by atoms with Crippen molar-refractivity contribution in [3.63, 3.8) is 0 Å². The van der Waals surface area contributed by atoms with Crippen molar-refractivity contribution in [2.45, 2.75) is 39.2 Å². The van der Waals surface area contributed by atoms with Gasteiger partial charge in [0, 0.05) is 16.5 Å². The third kappa shape index (κ3) is 3.03. The van der Waals surface area contributed by atoms with Crippen molar-refractivity contribution in [2.24, 2.45) is 5.73 Å². The Balaban J connectivity index is 3.29. The van der Waals surface area contributed by atoms with Crippen LogP contribution < -0.4 is 5.73 Å². The first-order chi connectivity index (χ1) is 8.25. The van der Waals surface area contributed by atoms with E-state index in [4.69, 9.17) is 10.8 Å². The van der Waals surface area contributed by atoms with Crippen molar-refractivity contribution >= 4 is 21.9 Å². The van der Waals surface area contributed by atoms with Gasteiger partial charge < -0.3 is 15.9 Å². The summed E-state index contributed by atoms with van der Waals surface area (Å²) >= 11 is 3.43. The van der Waals surface area contributed by atoms with Gasteiger partial charge in [0.15, 0.2) is 0 Å². The number of carbonyl (C=O) groups is 1. The zero-order valence-corrected chi connectivity index (χ0v) is 12.3. The van der Waals surface area contributed by atoms with Gasteiger partial charge in [-0.2, -0.15) is 0 Å². The van der Waals surface area contributed by atoms with Crippen LogP contribution in [0, 0.1) is 6.92 Å². The number of carboxylic acid groups (broad SMARTS) is 1. The number of halogens is 1. The highest BCUT2D eigenvalue weighted by Crippen LogP contribution is 2.36. The minimum atomic E-state index is -1.07. The highest BCUT2D eigenvalue weighted by molar-refractivity contribution is 9.10. The fraction of sp³-hybridized carbons (Fsp3) is 0.462. The molecule has 0 aliphatic heterocycles. The monoisotopic (exact) mass is 315 g/mol. The van der Waals surface area contributed by atoms with Crippen molar-refractivity contribution in [1.82, 2.24) is 0 Å². The first-order valence-corrected chi connectivity index (χ1v) is 6.54. The topological polar surface area (TPSA) is 83.5 Å². The fourth-order valence-corrected chi connectivity index (χ4v) is 2.29.